The molecular weight excluding hydrogens is 396 g/mol. The van der Waals surface area contributed by atoms with Crippen molar-refractivity contribution in [3.8, 4) is 5.75 Å². The van der Waals surface area contributed by atoms with Crippen molar-refractivity contribution in [2.45, 2.75) is 37.5 Å². The van der Waals surface area contributed by atoms with Crippen molar-refractivity contribution < 1.29 is 17.9 Å². The van der Waals surface area contributed by atoms with Crippen LogP contribution < -0.4 is 9.64 Å². The minimum absolute atomic E-state index is 0.0521. The number of amides is 1. The molecule has 3 rings (SSSR count). The fourth-order valence-electron chi connectivity index (χ4n) is 3.16. The van der Waals surface area contributed by atoms with E-state index in [2.05, 4.69) is 4.99 Å². The number of carbonyl (C=O) groups is 1. The number of carbonyl (C=O) groups excluding carboxylic acids is 1. The highest BCUT2D eigenvalue weighted by Gasteiger charge is 2.49. The molecule has 142 valence electrons. The van der Waals surface area contributed by atoms with Crippen molar-refractivity contribution in [2.24, 2.45) is 4.99 Å². The number of fused-ring (bicyclic) bond motifs is 1. The van der Waals surface area contributed by atoms with Gasteiger partial charge < -0.3 is 9.64 Å². The fourth-order valence-corrected chi connectivity index (χ4v) is 7.35. The molecule has 0 radical (unpaired) electrons. The Morgan fingerprint density at radius 3 is 2.85 bits per heavy atom. The van der Waals surface area contributed by atoms with Gasteiger partial charge in [-0.05, 0) is 24.6 Å². The minimum Gasteiger partial charge on any atom is -0.495 e. The molecular formula is C17H21ClN2O4S2. The summed E-state index contributed by atoms with van der Waals surface area (Å²) < 4.78 is 29.3. The molecule has 0 spiro atoms. The van der Waals surface area contributed by atoms with E-state index in [0.29, 0.717) is 22.4 Å². The van der Waals surface area contributed by atoms with Gasteiger partial charge in [0, 0.05) is 17.4 Å². The Balaban J connectivity index is 1.96. The number of halogens is 1. The fraction of sp³-hybridized carbons (Fsp3) is 0.529. The van der Waals surface area contributed by atoms with Crippen LogP contribution in [0.3, 0.4) is 0 Å². The molecule has 2 aliphatic rings. The standard InChI is InChI=1S/C17H21ClN2O4S2/c1-3-4-5-16(21)19-17-20(11-6-7-14(24-2)12(18)8-11)13-9-26(22,23)10-15(13)25-17/h6-8,13,15H,3-5,9-10H2,1-2H3. The second kappa shape index (κ2) is 7.78. The van der Waals surface area contributed by atoms with E-state index in [1.165, 1.54) is 18.9 Å². The number of anilines is 1. The molecule has 0 saturated carbocycles. The van der Waals surface area contributed by atoms with Crippen LogP contribution in [0, 0.1) is 0 Å². The highest BCUT2D eigenvalue weighted by atomic mass is 35.5. The molecule has 2 saturated heterocycles. The molecule has 0 N–H and O–H groups in total. The molecule has 2 fully saturated rings. The lowest BCUT2D eigenvalue weighted by atomic mass is 10.2. The number of methoxy groups -OCH3 is 1. The summed E-state index contributed by atoms with van der Waals surface area (Å²) in [7, 11) is -1.56. The summed E-state index contributed by atoms with van der Waals surface area (Å²) in [6.45, 7) is 2.02. The van der Waals surface area contributed by atoms with Crippen LogP contribution in [0.15, 0.2) is 23.2 Å². The maximum Gasteiger partial charge on any atom is 0.248 e. The molecule has 0 aliphatic carbocycles. The molecule has 0 bridgehead atoms. The van der Waals surface area contributed by atoms with Crippen LogP contribution in [-0.2, 0) is 14.6 Å². The van der Waals surface area contributed by atoms with E-state index in [1.54, 1.807) is 12.1 Å². The molecule has 6 nitrogen and oxygen atoms in total. The van der Waals surface area contributed by atoms with Gasteiger partial charge in [-0.25, -0.2) is 8.42 Å². The van der Waals surface area contributed by atoms with Crippen LogP contribution in [0.2, 0.25) is 5.02 Å². The zero-order valence-corrected chi connectivity index (χ0v) is 17.0. The van der Waals surface area contributed by atoms with Gasteiger partial charge in [-0.3, -0.25) is 4.79 Å². The van der Waals surface area contributed by atoms with E-state index in [-0.39, 0.29) is 28.7 Å². The van der Waals surface area contributed by atoms with Crippen LogP contribution >= 0.6 is 23.4 Å². The zero-order chi connectivity index (χ0) is 18.9. The van der Waals surface area contributed by atoms with Crippen molar-refractivity contribution in [3.05, 3.63) is 23.2 Å². The third-order valence-electron chi connectivity index (χ3n) is 4.44. The molecule has 2 unspecified atom stereocenters. The SMILES string of the molecule is CCCCC(=O)N=C1SC2CS(=O)(=O)CC2N1c1ccc(OC)c(Cl)c1. The molecule has 2 atom stereocenters. The number of nitrogens with zero attached hydrogens (tertiary/aromatic N) is 2. The van der Waals surface area contributed by atoms with Crippen LogP contribution in [0.1, 0.15) is 26.2 Å². The van der Waals surface area contributed by atoms with Gasteiger partial charge in [-0.15, -0.1) is 0 Å². The Hall–Kier alpha value is -1.25. The second-order valence-corrected chi connectivity index (χ2v) is 10.1. The predicted octanol–water partition coefficient (Wildman–Crippen LogP) is 3.14. The van der Waals surface area contributed by atoms with E-state index in [0.717, 1.165) is 18.5 Å². The number of benzene rings is 1. The first-order chi connectivity index (χ1) is 12.3. The molecule has 26 heavy (non-hydrogen) atoms. The van der Waals surface area contributed by atoms with Gasteiger partial charge in [0.15, 0.2) is 15.0 Å². The summed E-state index contributed by atoms with van der Waals surface area (Å²) in [6.07, 6.45) is 2.10. The van der Waals surface area contributed by atoms with Crippen LogP contribution in [-0.4, -0.2) is 49.4 Å². The van der Waals surface area contributed by atoms with Crippen molar-refractivity contribution in [1.29, 1.82) is 0 Å². The van der Waals surface area contributed by atoms with Crippen LogP contribution in [0.5, 0.6) is 5.75 Å². The third-order valence-corrected chi connectivity index (χ3v) is 7.95. The number of hydrogen-bond acceptors (Lipinski definition) is 5. The van der Waals surface area contributed by atoms with E-state index >= 15 is 0 Å². The smallest absolute Gasteiger partial charge is 0.248 e. The number of rotatable bonds is 5. The Bertz CT molecular complexity index is 841. The largest absolute Gasteiger partial charge is 0.495 e. The summed E-state index contributed by atoms with van der Waals surface area (Å²) >= 11 is 7.61. The number of thioether (sulfide) groups is 1. The number of sulfone groups is 1. The van der Waals surface area contributed by atoms with Gasteiger partial charge >= 0.3 is 0 Å². The van der Waals surface area contributed by atoms with Gasteiger partial charge in [0.1, 0.15) is 5.75 Å². The topological polar surface area (TPSA) is 76.0 Å². The first-order valence-corrected chi connectivity index (χ1v) is 11.5. The summed E-state index contributed by atoms with van der Waals surface area (Å²) in [5.74, 6) is 0.513. The monoisotopic (exact) mass is 416 g/mol. The minimum atomic E-state index is -3.10. The average molecular weight is 417 g/mol. The Morgan fingerprint density at radius 1 is 1.42 bits per heavy atom. The molecule has 2 aliphatic heterocycles. The van der Waals surface area contributed by atoms with E-state index in [1.807, 2.05) is 17.9 Å². The quantitative estimate of drug-likeness (QED) is 0.733. The highest BCUT2D eigenvalue weighted by molar-refractivity contribution is 8.16. The van der Waals surface area contributed by atoms with Gasteiger partial charge in [0.25, 0.3) is 0 Å². The number of aliphatic imine (C=N–C) groups is 1. The zero-order valence-electron chi connectivity index (χ0n) is 14.6. The van der Waals surface area contributed by atoms with Gasteiger partial charge in [0.05, 0.1) is 29.7 Å². The first-order valence-electron chi connectivity index (χ1n) is 8.46. The molecule has 9 heteroatoms. The average Bonchev–Trinajstić information content (AvgIpc) is 3.03. The molecule has 1 amide bonds. The van der Waals surface area contributed by atoms with E-state index in [4.69, 9.17) is 16.3 Å². The van der Waals surface area contributed by atoms with Gasteiger partial charge in [0.2, 0.25) is 5.91 Å². The lowest BCUT2D eigenvalue weighted by Gasteiger charge is -2.25. The predicted molar refractivity (Wildman–Crippen MR) is 106 cm³/mol. The van der Waals surface area contributed by atoms with Crippen LogP contribution in [0.25, 0.3) is 0 Å². The van der Waals surface area contributed by atoms with Crippen molar-refractivity contribution in [1.82, 2.24) is 0 Å². The molecule has 0 aromatic heterocycles. The summed E-state index contributed by atoms with van der Waals surface area (Å²) in [6, 6.07) is 5.02. The van der Waals surface area contributed by atoms with Crippen molar-refractivity contribution in [2.75, 3.05) is 23.5 Å². The van der Waals surface area contributed by atoms with E-state index < -0.39 is 9.84 Å². The second-order valence-electron chi connectivity index (χ2n) is 6.38. The first kappa shape index (κ1) is 19.5. The maximum atomic E-state index is 12.2. The Kier molecular flexibility index (Phi) is 5.84. The molecule has 1 aromatic rings. The summed E-state index contributed by atoms with van der Waals surface area (Å²) in [5.41, 5.74) is 0.718. The van der Waals surface area contributed by atoms with Crippen molar-refractivity contribution >= 4 is 50.0 Å². The highest BCUT2D eigenvalue weighted by Crippen LogP contribution is 2.42. The van der Waals surface area contributed by atoms with Gasteiger partial charge in [-0.1, -0.05) is 36.7 Å². The molecule has 2 heterocycles. The lowest BCUT2D eigenvalue weighted by molar-refractivity contribution is -0.117. The third kappa shape index (κ3) is 4.02. The van der Waals surface area contributed by atoms with E-state index in [9.17, 15) is 13.2 Å². The number of hydrogen-bond donors (Lipinski definition) is 0. The maximum absolute atomic E-state index is 12.2. The number of ether oxygens (including phenoxy) is 1. The Labute approximate surface area is 162 Å². The lowest BCUT2D eigenvalue weighted by Crippen LogP contribution is -2.37. The van der Waals surface area contributed by atoms with Crippen molar-refractivity contribution in [3.63, 3.8) is 0 Å². The Morgan fingerprint density at radius 2 is 2.19 bits per heavy atom. The molecule has 1 aromatic carbocycles. The number of unbranched alkanes of at least 4 members (excludes halogenated alkanes) is 1. The van der Waals surface area contributed by atoms with Gasteiger partial charge in [-0.2, -0.15) is 4.99 Å². The summed E-state index contributed by atoms with van der Waals surface area (Å²) in [4.78, 5) is 18.3. The normalized spacial score (nSPS) is 25.5. The van der Waals surface area contributed by atoms with Crippen LogP contribution in [0.4, 0.5) is 5.69 Å². The number of amidine groups is 1. The summed E-state index contributed by atoms with van der Waals surface area (Å²) in [5, 5.41) is 0.854.